The molecule has 0 saturated carbocycles. The summed E-state index contributed by atoms with van der Waals surface area (Å²) in [6.45, 7) is 6.84. The van der Waals surface area contributed by atoms with Gasteiger partial charge in [-0.1, -0.05) is 51.8 Å². The Morgan fingerprint density at radius 3 is 2.20 bits per heavy atom. The Morgan fingerprint density at radius 2 is 1.63 bits per heavy atom. The van der Waals surface area contributed by atoms with E-state index in [-0.39, 0.29) is 6.09 Å². The van der Waals surface area contributed by atoms with Gasteiger partial charge in [-0.15, -0.1) is 0 Å². The molecule has 0 aromatic heterocycles. The van der Waals surface area contributed by atoms with Crippen LogP contribution in [0.3, 0.4) is 0 Å². The van der Waals surface area contributed by atoms with Crippen LogP contribution in [0.4, 0.5) is 10.5 Å². The third-order valence-electron chi connectivity index (χ3n) is 4.77. The van der Waals surface area contributed by atoms with Gasteiger partial charge in [0.25, 0.3) is 0 Å². The minimum absolute atomic E-state index is 0.266. The Morgan fingerprint density at radius 1 is 1.03 bits per heavy atom. The molecule has 1 heterocycles. The highest BCUT2D eigenvalue weighted by atomic mass is 79.9. The van der Waals surface area contributed by atoms with Crippen LogP contribution in [0.15, 0.2) is 69.6 Å². The van der Waals surface area contributed by atoms with Gasteiger partial charge >= 0.3 is 6.09 Å². The zero-order chi connectivity index (χ0) is 21.7. The number of carbonyl (C=O) groups is 1. The maximum Gasteiger partial charge on any atom is 0.410 e. The number of piperidine rings is 1. The lowest BCUT2D eigenvalue weighted by Gasteiger charge is -2.32. The number of likely N-dealkylation sites (tertiary alicyclic amines) is 1. The van der Waals surface area contributed by atoms with Crippen LogP contribution in [0.25, 0.3) is 5.57 Å². The molecule has 0 aliphatic carbocycles. The lowest BCUT2D eigenvalue weighted by molar-refractivity contribution is 0.0236. The van der Waals surface area contributed by atoms with Gasteiger partial charge in [-0.25, -0.2) is 9.79 Å². The van der Waals surface area contributed by atoms with Crippen molar-refractivity contribution in [3.05, 3.63) is 70.2 Å². The number of nitrogens with zero attached hydrogens (tertiary/aromatic N) is 2. The summed E-state index contributed by atoms with van der Waals surface area (Å²) in [7, 11) is 0. The Kier molecular flexibility index (Phi) is 6.98. The molecule has 158 valence electrons. The molecule has 30 heavy (non-hydrogen) atoms. The van der Waals surface area contributed by atoms with Gasteiger partial charge in [0.2, 0.25) is 0 Å². The van der Waals surface area contributed by atoms with Crippen molar-refractivity contribution >= 4 is 39.1 Å². The minimum Gasteiger partial charge on any atom is -0.444 e. The molecular formula is C24H28BrN3O2. The van der Waals surface area contributed by atoms with Crippen LogP contribution >= 0.6 is 15.9 Å². The lowest BCUT2D eigenvalue weighted by atomic mass is 9.92. The lowest BCUT2D eigenvalue weighted by Crippen LogP contribution is -2.40. The standard InChI is InChI=1S/C24H28BrN3O2/c1-24(2,3)30-23(29)28-15-13-18(14-16-28)21(17-9-11-19(25)12-10-17)22(26)27-20-7-5-4-6-8-20/h4-12H,13-16H2,1-3H3,(H2,26,27). The maximum absolute atomic E-state index is 12.4. The summed E-state index contributed by atoms with van der Waals surface area (Å²) in [5, 5.41) is 0. The number of halogens is 1. The van der Waals surface area contributed by atoms with Crippen molar-refractivity contribution < 1.29 is 9.53 Å². The predicted octanol–water partition coefficient (Wildman–Crippen LogP) is 5.92. The molecule has 3 rings (SSSR count). The van der Waals surface area contributed by atoms with Gasteiger partial charge in [-0.3, -0.25) is 0 Å². The van der Waals surface area contributed by atoms with Crippen molar-refractivity contribution in [2.45, 2.75) is 39.2 Å². The average Bonchev–Trinajstić information content (AvgIpc) is 2.69. The minimum atomic E-state index is -0.497. The van der Waals surface area contributed by atoms with Crippen LogP contribution in [-0.4, -0.2) is 35.5 Å². The van der Waals surface area contributed by atoms with Crippen LogP contribution < -0.4 is 5.73 Å². The van der Waals surface area contributed by atoms with Crippen molar-refractivity contribution in [1.29, 1.82) is 0 Å². The van der Waals surface area contributed by atoms with E-state index in [1.54, 1.807) is 4.90 Å². The Hall–Kier alpha value is -2.60. The molecule has 1 amide bonds. The molecule has 0 radical (unpaired) electrons. The molecule has 5 nitrogen and oxygen atoms in total. The Bertz CT molecular complexity index is 935. The van der Waals surface area contributed by atoms with Crippen molar-refractivity contribution in [3.63, 3.8) is 0 Å². The summed E-state index contributed by atoms with van der Waals surface area (Å²) in [5.74, 6) is 0.490. The van der Waals surface area contributed by atoms with E-state index in [9.17, 15) is 4.79 Å². The van der Waals surface area contributed by atoms with Gasteiger partial charge in [0, 0.05) is 23.1 Å². The molecule has 2 aromatic rings. The fraction of sp³-hybridized carbons (Fsp3) is 0.333. The van der Waals surface area contributed by atoms with Crippen molar-refractivity contribution in [2.75, 3.05) is 13.1 Å². The molecule has 1 saturated heterocycles. The van der Waals surface area contributed by atoms with Gasteiger partial charge in [0.15, 0.2) is 0 Å². The van der Waals surface area contributed by atoms with E-state index in [2.05, 4.69) is 20.9 Å². The molecule has 0 bridgehead atoms. The first kappa shape index (κ1) is 22.1. The summed E-state index contributed by atoms with van der Waals surface area (Å²) in [4.78, 5) is 18.8. The van der Waals surface area contributed by atoms with Gasteiger partial charge in [-0.2, -0.15) is 0 Å². The maximum atomic E-state index is 12.4. The van der Waals surface area contributed by atoms with Crippen LogP contribution in [0.2, 0.25) is 0 Å². The number of ether oxygens (including phenoxy) is 1. The number of nitrogens with two attached hydrogens (primary N) is 1. The largest absolute Gasteiger partial charge is 0.444 e. The summed E-state index contributed by atoms with van der Waals surface area (Å²) in [5.41, 5.74) is 10.0. The van der Waals surface area contributed by atoms with E-state index in [4.69, 9.17) is 10.5 Å². The number of amides is 1. The van der Waals surface area contributed by atoms with E-state index < -0.39 is 5.60 Å². The fourth-order valence-electron chi connectivity index (χ4n) is 3.38. The summed E-state index contributed by atoms with van der Waals surface area (Å²) in [6.07, 6.45) is 1.20. The molecule has 0 spiro atoms. The Labute approximate surface area is 186 Å². The molecule has 2 N–H and O–H groups in total. The highest BCUT2D eigenvalue weighted by Crippen LogP contribution is 2.29. The van der Waals surface area contributed by atoms with Gasteiger partial charge in [-0.05, 0) is 63.4 Å². The number of hydrogen-bond acceptors (Lipinski definition) is 3. The van der Waals surface area contributed by atoms with Crippen LogP contribution in [-0.2, 0) is 4.74 Å². The monoisotopic (exact) mass is 469 g/mol. The molecular weight excluding hydrogens is 442 g/mol. The number of para-hydroxylation sites is 1. The SMILES string of the molecule is CC(C)(C)OC(=O)N1CCC(=C(C(N)=Nc2ccccc2)c2ccc(Br)cc2)CC1. The molecule has 6 heteroatoms. The number of benzene rings is 2. The van der Waals surface area contributed by atoms with E-state index in [1.165, 1.54) is 5.57 Å². The number of amidine groups is 1. The zero-order valence-electron chi connectivity index (χ0n) is 17.7. The van der Waals surface area contributed by atoms with Gasteiger partial charge in [0.1, 0.15) is 11.4 Å². The van der Waals surface area contributed by atoms with Crippen LogP contribution in [0.1, 0.15) is 39.2 Å². The first-order chi connectivity index (χ1) is 14.2. The number of carbonyl (C=O) groups excluding carboxylic acids is 1. The molecule has 1 aliphatic rings. The normalized spacial score (nSPS) is 15.1. The molecule has 1 fully saturated rings. The zero-order valence-corrected chi connectivity index (χ0v) is 19.3. The number of aliphatic imine (C=N–C) groups is 1. The number of hydrogen-bond donors (Lipinski definition) is 1. The van der Waals surface area contributed by atoms with E-state index in [0.29, 0.717) is 18.9 Å². The van der Waals surface area contributed by atoms with E-state index >= 15 is 0 Å². The van der Waals surface area contributed by atoms with Crippen molar-refractivity contribution in [2.24, 2.45) is 10.7 Å². The van der Waals surface area contributed by atoms with E-state index in [1.807, 2.05) is 75.4 Å². The molecule has 2 aromatic carbocycles. The summed E-state index contributed by atoms with van der Waals surface area (Å²) in [6, 6.07) is 17.8. The van der Waals surface area contributed by atoms with Crippen LogP contribution in [0, 0.1) is 0 Å². The first-order valence-electron chi connectivity index (χ1n) is 10.1. The second kappa shape index (κ2) is 9.47. The third kappa shape index (κ3) is 5.95. The molecule has 0 unspecified atom stereocenters. The summed E-state index contributed by atoms with van der Waals surface area (Å²) >= 11 is 3.49. The second-order valence-electron chi connectivity index (χ2n) is 8.29. The summed E-state index contributed by atoms with van der Waals surface area (Å²) < 4.78 is 6.52. The average molecular weight is 470 g/mol. The Balaban J connectivity index is 1.89. The van der Waals surface area contributed by atoms with Gasteiger partial charge < -0.3 is 15.4 Å². The quantitative estimate of drug-likeness (QED) is 0.447. The predicted molar refractivity (Wildman–Crippen MR) is 126 cm³/mol. The fourth-order valence-corrected chi connectivity index (χ4v) is 3.65. The van der Waals surface area contributed by atoms with Gasteiger partial charge in [0.05, 0.1) is 5.69 Å². The topological polar surface area (TPSA) is 67.9 Å². The highest BCUT2D eigenvalue weighted by molar-refractivity contribution is 9.10. The van der Waals surface area contributed by atoms with Crippen molar-refractivity contribution in [3.8, 4) is 0 Å². The first-order valence-corrected chi connectivity index (χ1v) is 10.9. The van der Waals surface area contributed by atoms with E-state index in [0.717, 1.165) is 34.1 Å². The smallest absolute Gasteiger partial charge is 0.410 e. The molecule has 1 aliphatic heterocycles. The van der Waals surface area contributed by atoms with Crippen molar-refractivity contribution in [1.82, 2.24) is 4.90 Å². The van der Waals surface area contributed by atoms with Crippen LogP contribution in [0.5, 0.6) is 0 Å². The highest BCUT2D eigenvalue weighted by Gasteiger charge is 2.26. The number of rotatable bonds is 3. The third-order valence-corrected chi connectivity index (χ3v) is 5.30. The molecule has 0 atom stereocenters. The second-order valence-corrected chi connectivity index (χ2v) is 9.20.